The summed E-state index contributed by atoms with van der Waals surface area (Å²) in [6.45, 7) is 6.71. The fraction of sp³-hybridized carbons (Fsp3) is 0.636. The molecule has 1 atom stereocenters. The van der Waals surface area contributed by atoms with E-state index >= 15 is 0 Å². The number of aromatic nitrogens is 1. The summed E-state index contributed by atoms with van der Waals surface area (Å²) >= 11 is 0. The maximum absolute atomic E-state index is 11.7. The Bertz CT molecular complexity index is 514. The lowest BCUT2D eigenvalue weighted by Gasteiger charge is -2.11. The number of carbonyl (C=O) groups is 1. The molecule has 1 N–H and O–H groups in total. The third-order valence-electron chi connectivity index (χ3n) is 2.88. The van der Waals surface area contributed by atoms with Gasteiger partial charge in [0.05, 0.1) is 17.4 Å². The number of nitrogens with zero attached hydrogens (tertiary/aromatic N) is 1. The van der Waals surface area contributed by atoms with Crippen molar-refractivity contribution in [3.05, 3.63) is 17.0 Å². The van der Waals surface area contributed by atoms with E-state index in [1.807, 2.05) is 0 Å². The summed E-state index contributed by atoms with van der Waals surface area (Å²) in [6.07, 6.45) is 0.408. The largest absolute Gasteiger partial charge is 0.361 e. The Morgan fingerprint density at radius 3 is 2.50 bits per heavy atom. The van der Waals surface area contributed by atoms with E-state index in [1.165, 1.54) is 0 Å². The van der Waals surface area contributed by atoms with Gasteiger partial charge >= 0.3 is 0 Å². The van der Waals surface area contributed by atoms with Gasteiger partial charge in [0.25, 0.3) is 0 Å². The summed E-state index contributed by atoms with van der Waals surface area (Å²) in [5.41, 5.74) is 1.23. The van der Waals surface area contributed by atoms with E-state index in [0.29, 0.717) is 23.4 Å². The highest BCUT2D eigenvalue weighted by atomic mass is 32.2. The van der Waals surface area contributed by atoms with Crippen LogP contribution in [0.4, 0.5) is 0 Å². The van der Waals surface area contributed by atoms with E-state index in [0.717, 1.165) is 0 Å². The molecule has 0 aliphatic carbocycles. The second-order valence-corrected chi connectivity index (χ2v) is 6.37. The standard InChI is InChI=1S/C11H18N2O4S/c1-5-7(2)18(15,16)13-11(14)6-10-8(3)12-17-9(10)4/h7H,5-6H2,1-4H3,(H,13,14). The maximum atomic E-state index is 11.7. The van der Waals surface area contributed by atoms with Crippen molar-refractivity contribution >= 4 is 15.9 Å². The normalized spacial score (nSPS) is 13.3. The van der Waals surface area contributed by atoms with Crippen molar-refractivity contribution in [3.8, 4) is 0 Å². The number of amides is 1. The van der Waals surface area contributed by atoms with E-state index < -0.39 is 21.2 Å². The van der Waals surface area contributed by atoms with Crippen molar-refractivity contribution in [2.75, 3.05) is 0 Å². The van der Waals surface area contributed by atoms with Crippen molar-refractivity contribution in [1.29, 1.82) is 0 Å². The van der Waals surface area contributed by atoms with Gasteiger partial charge in [-0.25, -0.2) is 8.42 Å². The first kappa shape index (κ1) is 14.7. The lowest BCUT2D eigenvalue weighted by atomic mass is 10.1. The summed E-state index contributed by atoms with van der Waals surface area (Å²) in [6, 6.07) is 0. The molecule has 0 saturated heterocycles. The molecule has 1 amide bonds. The smallest absolute Gasteiger partial charge is 0.238 e. The van der Waals surface area contributed by atoms with Crippen LogP contribution in [0.3, 0.4) is 0 Å². The molecule has 0 fully saturated rings. The van der Waals surface area contributed by atoms with Crippen LogP contribution < -0.4 is 4.72 Å². The Balaban J connectivity index is 2.74. The van der Waals surface area contributed by atoms with E-state index in [1.54, 1.807) is 27.7 Å². The minimum absolute atomic E-state index is 0.0448. The Hall–Kier alpha value is -1.37. The van der Waals surface area contributed by atoms with Gasteiger partial charge in [-0.3, -0.25) is 9.52 Å². The Morgan fingerprint density at radius 1 is 1.44 bits per heavy atom. The Morgan fingerprint density at radius 2 is 2.06 bits per heavy atom. The molecule has 0 spiro atoms. The number of rotatable bonds is 5. The number of hydrogen-bond acceptors (Lipinski definition) is 5. The Kier molecular flexibility index (Phi) is 4.50. The molecule has 6 nitrogen and oxygen atoms in total. The predicted molar refractivity (Wildman–Crippen MR) is 66.5 cm³/mol. The summed E-state index contributed by atoms with van der Waals surface area (Å²) in [7, 11) is -3.59. The summed E-state index contributed by atoms with van der Waals surface area (Å²) in [4.78, 5) is 11.7. The van der Waals surface area contributed by atoms with E-state index in [4.69, 9.17) is 4.52 Å². The average Bonchev–Trinajstić information content (AvgIpc) is 2.58. The molecule has 102 valence electrons. The van der Waals surface area contributed by atoms with Gasteiger partial charge in [0, 0.05) is 5.56 Å². The molecular weight excluding hydrogens is 256 g/mol. The number of hydrogen-bond donors (Lipinski definition) is 1. The van der Waals surface area contributed by atoms with Gasteiger partial charge < -0.3 is 4.52 Å². The second-order valence-electron chi connectivity index (χ2n) is 4.27. The van der Waals surface area contributed by atoms with Gasteiger partial charge in [0.15, 0.2) is 0 Å². The fourth-order valence-corrected chi connectivity index (χ4v) is 2.46. The molecule has 18 heavy (non-hydrogen) atoms. The van der Waals surface area contributed by atoms with Crippen molar-refractivity contribution in [3.63, 3.8) is 0 Å². The van der Waals surface area contributed by atoms with Gasteiger partial charge in [-0.1, -0.05) is 12.1 Å². The van der Waals surface area contributed by atoms with Crippen LogP contribution >= 0.6 is 0 Å². The molecule has 1 aromatic rings. The lowest BCUT2D eigenvalue weighted by Crippen LogP contribution is -2.37. The van der Waals surface area contributed by atoms with Gasteiger partial charge in [-0.05, 0) is 27.2 Å². The van der Waals surface area contributed by atoms with Gasteiger partial charge in [-0.15, -0.1) is 0 Å². The highest BCUT2D eigenvalue weighted by molar-refractivity contribution is 7.90. The topological polar surface area (TPSA) is 89.3 Å². The molecule has 0 bridgehead atoms. The van der Waals surface area contributed by atoms with Gasteiger partial charge in [0.2, 0.25) is 15.9 Å². The number of carbonyl (C=O) groups excluding carboxylic acids is 1. The SMILES string of the molecule is CCC(C)S(=O)(=O)NC(=O)Cc1c(C)noc1C. The molecule has 0 aliphatic rings. The third-order valence-corrected chi connectivity index (χ3v) is 4.78. The predicted octanol–water partition coefficient (Wildman–Crippen LogP) is 1.08. The van der Waals surface area contributed by atoms with Crippen LogP contribution in [0.2, 0.25) is 0 Å². The van der Waals surface area contributed by atoms with Crippen molar-refractivity contribution < 1.29 is 17.7 Å². The number of sulfonamides is 1. The summed E-state index contributed by atoms with van der Waals surface area (Å²) < 4.78 is 30.4. The number of aryl methyl sites for hydroxylation is 2. The van der Waals surface area contributed by atoms with Crippen LogP contribution in [0.25, 0.3) is 0 Å². The van der Waals surface area contributed by atoms with E-state index in [-0.39, 0.29) is 6.42 Å². The first-order valence-electron chi connectivity index (χ1n) is 5.74. The fourth-order valence-electron chi connectivity index (χ4n) is 1.43. The minimum Gasteiger partial charge on any atom is -0.361 e. The molecule has 1 rings (SSSR count). The molecule has 0 saturated carbocycles. The highest BCUT2D eigenvalue weighted by Gasteiger charge is 2.22. The second kappa shape index (κ2) is 5.51. The molecule has 7 heteroatoms. The zero-order valence-electron chi connectivity index (χ0n) is 11.0. The van der Waals surface area contributed by atoms with E-state index in [9.17, 15) is 13.2 Å². The van der Waals surface area contributed by atoms with Crippen LogP contribution in [0.15, 0.2) is 4.52 Å². The number of nitrogens with one attached hydrogen (secondary N) is 1. The van der Waals surface area contributed by atoms with Crippen LogP contribution in [0, 0.1) is 13.8 Å². The zero-order chi connectivity index (χ0) is 13.9. The third kappa shape index (κ3) is 3.32. The maximum Gasteiger partial charge on any atom is 0.238 e. The first-order valence-corrected chi connectivity index (χ1v) is 7.28. The summed E-state index contributed by atoms with van der Waals surface area (Å²) in [5.74, 6) is -0.0340. The monoisotopic (exact) mass is 274 g/mol. The molecular formula is C11H18N2O4S. The zero-order valence-corrected chi connectivity index (χ0v) is 11.8. The van der Waals surface area contributed by atoms with Crippen LogP contribution in [-0.4, -0.2) is 24.7 Å². The Labute approximate surface area is 107 Å². The average molecular weight is 274 g/mol. The quantitative estimate of drug-likeness (QED) is 0.867. The molecule has 1 unspecified atom stereocenters. The van der Waals surface area contributed by atoms with Crippen LogP contribution in [0.1, 0.15) is 37.3 Å². The molecule has 1 heterocycles. The summed E-state index contributed by atoms with van der Waals surface area (Å²) in [5, 5.41) is 3.12. The molecule has 1 aromatic heterocycles. The molecule has 0 aromatic carbocycles. The van der Waals surface area contributed by atoms with Gasteiger partial charge in [-0.2, -0.15) is 0 Å². The first-order chi connectivity index (χ1) is 8.27. The van der Waals surface area contributed by atoms with Crippen molar-refractivity contribution in [2.24, 2.45) is 0 Å². The van der Waals surface area contributed by atoms with Crippen LogP contribution in [0.5, 0.6) is 0 Å². The highest BCUT2D eigenvalue weighted by Crippen LogP contribution is 2.13. The molecule has 0 radical (unpaired) electrons. The molecule has 0 aliphatic heterocycles. The van der Waals surface area contributed by atoms with Crippen molar-refractivity contribution in [2.45, 2.75) is 45.8 Å². The minimum atomic E-state index is -3.59. The lowest BCUT2D eigenvalue weighted by molar-refractivity contribution is -0.118. The van der Waals surface area contributed by atoms with Crippen LogP contribution in [-0.2, 0) is 21.2 Å². The van der Waals surface area contributed by atoms with E-state index in [2.05, 4.69) is 9.88 Å². The van der Waals surface area contributed by atoms with Crippen molar-refractivity contribution in [1.82, 2.24) is 9.88 Å². The van der Waals surface area contributed by atoms with Gasteiger partial charge in [0.1, 0.15) is 5.76 Å².